The van der Waals surface area contributed by atoms with E-state index in [0.29, 0.717) is 23.5 Å². The fourth-order valence-electron chi connectivity index (χ4n) is 6.61. The van der Waals surface area contributed by atoms with Crippen molar-refractivity contribution in [1.29, 1.82) is 0 Å². The number of fused-ring (bicyclic) bond motifs is 5. The summed E-state index contributed by atoms with van der Waals surface area (Å²) >= 11 is 0. The van der Waals surface area contributed by atoms with E-state index >= 15 is 0 Å². The summed E-state index contributed by atoms with van der Waals surface area (Å²) < 4.78 is 0. The average molecular weight is 387 g/mol. The van der Waals surface area contributed by atoms with E-state index in [9.17, 15) is 10.2 Å². The van der Waals surface area contributed by atoms with E-state index < -0.39 is 8.07 Å². The Kier molecular flexibility index (Phi) is 4.40. The van der Waals surface area contributed by atoms with Gasteiger partial charge in [-0.2, -0.15) is 0 Å². The SMILES string of the molecule is CC(C)(C)[Si](C)(C)c1cc(O)cc2c1[C@H]1CC[C@]3(C)[C@@H](O)CC[C@H]3[C@H]1CC2. The highest BCUT2D eigenvalue weighted by atomic mass is 28.3. The van der Waals surface area contributed by atoms with Gasteiger partial charge in [-0.25, -0.2) is 0 Å². The lowest BCUT2D eigenvalue weighted by Crippen LogP contribution is -2.53. The second-order valence-electron chi connectivity index (χ2n) is 11.5. The lowest BCUT2D eigenvalue weighted by Gasteiger charge is -2.51. The average Bonchev–Trinajstić information content (AvgIpc) is 2.88. The van der Waals surface area contributed by atoms with Crippen molar-refractivity contribution in [2.75, 3.05) is 0 Å². The summed E-state index contributed by atoms with van der Waals surface area (Å²) in [6.07, 6.45) is 6.75. The molecule has 2 saturated carbocycles. The zero-order valence-corrected chi connectivity index (χ0v) is 19.1. The molecule has 4 rings (SSSR count). The fraction of sp³-hybridized carbons (Fsp3) is 0.750. The Morgan fingerprint density at radius 1 is 1.07 bits per heavy atom. The Hall–Kier alpha value is -0.803. The van der Waals surface area contributed by atoms with Crippen LogP contribution in [0, 0.1) is 17.3 Å². The second kappa shape index (κ2) is 6.10. The molecule has 2 N–H and O–H groups in total. The van der Waals surface area contributed by atoms with Gasteiger partial charge in [-0.1, -0.05) is 46.0 Å². The van der Waals surface area contributed by atoms with Crippen LogP contribution >= 0.6 is 0 Å². The van der Waals surface area contributed by atoms with Gasteiger partial charge in [0.1, 0.15) is 5.75 Å². The number of aryl methyl sites for hydroxylation is 1. The molecule has 0 heterocycles. The highest BCUT2D eigenvalue weighted by Gasteiger charge is 2.55. The summed E-state index contributed by atoms with van der Waals surface area (Å²) in [7, 11) is -1.74. The van der Waals surface area contributed by atoms with Gasteiger partial charge in [-0.15, -0.1) is 0 Å². The Morgan fingerprint density at radius 3 is 2.44 bits per heavy atom. The van der Waals surface area contributed by atoms with Crippen molar-refractivity contribution in [3.05, 3.63) is 23.3 Å². The molecule has 2 nitrogen and oxygen atoms in total. The molecule has 0 bridgehead atoms. The largest absolute Gasteiger partial charge is 0.508 e. The van der Waals surface area contributed by atoms with Gasteiger partial charge in [-0.05, 0) is 90.0 Å². The van der Waals surface area contributed by atoms with E-state index in [0.717, 1.165) is 19.3 Å². The van der Waals surface area contributed by atoms with Crippen LogP contribution in [0.1, 0.15) is 76.8 Å². The molecule has 27 heavy (non-hydrogen) atoms. The van der Waals surface area contributed by atoms with Crippen LogP contribution in [-0.4, -0.2) is 24.4 Å². The van der Waals surface area contributed by atoms with Gasteiger partial charge in [0.2, 0.25) is 0 Å². The Bertz CT molecular complexity index is 747. The highest BCUT2D eigenvalue weighted by molar-refractivity contribution is 6.92. The molecule has 0 amide bonds. The van der Waals surface area contributed by atoms with Gasteiger partial charge in [0.25, 0.3) is 0 Å². The zero-order chi connectivity index (χ0) is 19.8. The molecule has 1 aromatic rings. The van der Waals surface area contributed by atoms with Crippen molar-refractivity contribution in [2.45, 2.75) is 96.4 Å². The topological polar surface area (TPSA) is 40.5 Å². The Labute approximate surface area is 166 Å². The van der Waals surface area contributed by atoms with Crippen molar-refractivity contribution in [1.82, 2.24) is 0 Å². The number of aliphatic hydroxyl groups excluding tert-OH is 1. The maximum absolute atomic E-state index is 10.7. The van der Waals surface area contributed by atoms with Crippen molar-refractivity contribution < 1.29 is 10.2 Å². The minimum atomic E-state index is -1.74. The predicted octanol–water partition coefficient (Wildman–Crippen LogP) is 5.32. The summed E-state index contributed by atoms with van der Waals surface area (Å²) in [5, 5.41) is 22.9. The molecule has 0 radical (unpaired) electrons. The Morgan fingerprint density at radius 2 is 1.78 bits per heavy atom. The molecule has 0 aliphatic heterocycles. The molecule has 0 saturated heterocycles. The van der Waals surface area contributed by atoms with Crippen LogP contribution < -0.4 is 5.19 Å². The maximum Gasteiger partial charge on any atom is 0.115 e. The molecular weight excluding hydrogens is 348 g/mol. The van der Waals surface area contributed by atoms with Gasteiger partial charge in [0.15, 0.2) is 0 Å². The first-order chi connectivity index (χ1) is 12.5. The lowest BCUT2D eigenvalue weighted by atomic mass is 9.55. The predicted molar refractivity (Wildman–Crippen MR) is 116 cm³/mol. The molecule has 2 fully saturated rings. The number of phenols is 1. The molecule has 0 aromatic heterocycles. The van der Waals surface area contributed by atoms with Crippen LogP contribution in [-0.2, 0) is 6.42 Å². The van der Waals surface area contributed by atoms with Gasteiger partial charge < -0.3 is 10.2 Å². The first-order valence-electron chi connectivity index (χ1n) is 11.0. The van der Waals surface area contributed by atoms with E-state index in [-0.39, 0.29) is 16.6 Å². The molecule has 150 valence electrons. The second-order valence-corrected chi connectivity index (χ2v) is 16.8. The number of hydrogen-bond acceptors (Lipinski definition) is 2. The highest BCUT2D eigenvalue weighted by Crippen LogP contribution is 2.61. The molecule has 5 atom stereocenters. The maximum atomic E-state index is 10.7. The minimum Gasteiger partial charge on any atom is -0.508 e. The summed E-state index contributed by atoms with van der Waals surface area (Å²) in [4.78, 5) is 0. The van der Waals surface area contributed by atoms with Crippen molar-refractivity contribution in [3.8, 4) is 5.75 Å². The van der Waals surface area contributed by atoms with Crippen LogP contribution in [0.2, 0.25) is 18.1 Å². The van der Waals surface area contributed by atoms with Crippen molar-refractivity contribution in [3.63, 3.8) is 0 Å². The van der Waals surface area contributed by atoms with Crippen molar-refractivity contribution >= 4 is 13.3 Å². The van der Waals surface area contributed by atoms with E-state index in [4.69, 9.17) is 0 Å². The molecule has 1 aromatic carbocycles. The first kappa shape index (κ1) is 19.5. The van der Waals surface area contributed by atoms with Crippen LogP contribution in [0.5, 0.6) is 5.75 Å². The smallest absolute Gasteiger partial charge is 0.115 e. The first-order valence-corrected chi connectivity index (χ1v) is 14.0. The third-order valence-corrected chi connectivity index (χ3v) is 14.8. The zero-order valence-electron chi connectivity index (χ0n) is 18.1. The van der Waals surface area contributed by atoms with Crippen LogP contribution in [0.4, 0.5) is 0 Å². The Balaban J connectivity index is 1.83. The number of rotatable bonds is 1. The molecule has 3 aliphatic rings. The van der Waals surface area contributed by atoms with Gasteiger partial charge in [0.05, 0.1) is 14.2 Å². The van der Waals surface area contributed by atoms with Gasteiger partial charge in [-0.3, -0.25) is 0 Å². The van der Waals surface area contributed by atoms with Crippen LogP contribution in [0.3, 0.4) is 0 Å². The van der Waals surface area contributed by atoms with E-state index in [1.54, 1.807) is 5.56 Å². The van der Waals surface area contributed by atoms with Crippen LogP contribution in [0.25, 0.3) is 0 Å². The number of aromatic hydroxyl groups is 1. The van der Waals surface area contributed by atoms with Crippen LogP contribution in [0.15, 0.2) is 12.1 Å². The monoisotopic (exact) mass is 386 g/mol. The fourth-order valence-corrected chi connectivity index (χ4v) is 8.94. The molecule has 0 spiro atoms. The summed E-state index contributed by atoms with van der Waals surface area (Å²) in [5.41, 5.74) is 3.16. The number of aliphatic hydroxyl groups is 1. The summed E-state index contributed by atoms with van der Waals surface area (Å²) in [5.74, 6) is 2.47. The van der Waals surface area contributed by atoms with Gasteiger partial charge in [0, 0.05) is 0 Å². The number of hydrogen-bond donors (Lipinski definition) is 2. The third kappa shape index (κ3) is 2.75. The van der Waals surface area contributed by atoms with Gasteiger partial charge >= 0.3 is 0 Å². The van der Waals surface area contributed by atoms with E-state index in [1.165, 1.54) is 30.0 Å². The number of benzene rings is 1. The molecule has 0 unspecified atom stereocenters. The summed E-state index contributed by atoms with van der Waals surface area (Å²) in [6.45, 7) is 14.5. The minimum absolute atomic E-state index is 0.107. The quantitative estimate of drug-likeness (QED) is 0.641. The third-order valence-electron chi connectivity index (χ3n) is 9.30. The van der Waals surface area contributed by atoms with E-state index in [1.807, 2.05) is 0 Å². The normalized spacial score (nSPS) is 36.1. The molecule has 3 heteroatoms. The number of phenolic OH excluding ortho intramolecular Hbond substituents is 1. The standard InChI is InChI=1S/C24H38O2Si/c1-23(2,3)27(5,6)20-14-16(25)13-15-7-8-17-18(22(15)20)11-12-24(4)19(17)9-10-21(24)26/h13-14,17-19,21,25-26H,7-12H2,1-6H3/t17-,18-,19-,21-,24-/m0/s1. The molecular formula is C24H38O2Si. The van der Waals surface area contributed by atoms with E-state index in [2.05, 4.69) is 52.9 Å². The summed E-state index contributed by atoms with van der Waals surface area (Å²) in [6, 6.07) is 4.18. The lowest BCUT2D eigenvalue weighted by molar-refractivity contribution is -0.0224. The molecule has 3 aliphatic carbocycles. The van der Waals surface area contributed by atoms with Crippen molar-refractivity contribution in [2.24, 2.45) is 17.3 Å².